The van der Waals surface area contributed by atoms with Crippen LogP contribution in [-0.4, -0.2) is 9.55 Å². The second-order valence-electron chi connectivity index (χ2n) is 3.89. The van der Waals surface area contributed by atoms with Crippen molar-refractivity contribution in [3.05, 3.63) is 40.6 Å². The summed E-state index contributed by atoms with van der Waals surface area (Å²) < 4.78 is 3.05. The summed E-state index contributed by atoms with van der Waals surface area (Å²) in [5, 5.41) is 0.977. The van der Waals surface area contributed by atoms with E-state index in [2.05, 4.69) is 39.1 Å². The molecule has 1 aromatic carbocycles. The van der Waals surface area contributed by atoms with Crippen LogP contribution in [0.2, 0.25) is 0 Å². The number of aryl methyl sites for hydroxylation is 1. The van der Waals surface area contributed by atoms with E-state index in [0.29, 0.717) is 0 Å². The molecule has 2 rings (SSSR count). The Hall–Kier alpha value is -0.780. The van der Waals surface area contributed by atoms with E-state index in [-0.39, 0.29) is 6.04 Å². The van der Waals surface area contributed by atoms with Crippen molar-refractivity contribution in [2.24, 2.45) is 12.8 Å². The molecule has 1 heterocycles. The summed E-state index contributed by atoms with van der Waals surface area (Å²) in [5.74, 6) is 0. The highest BCUT2D eigenvalue weighted by atomic mass is 79.9. The van der Waals surface area contributed by atoms with Crippen molar-refractivity contribution < 1.29 is 0 Å². The molecular formula is C12H14BrN3S. The molecule has 17 heavy (non-hydrogen) atoms. The normalized spacial score (nSPS) is 12.7. The summed E-state index contributed by atoms with van der Waals surface area (Å²) in [6, 6.07) is 6.25. The van der Waals surface area contributed by atoms with Crippen LogP contribution in [0.3, 0.4) is 0 Å². The molecule has 1 aromatic heterocycles. The highest BCUT2D eigenvalue weighted by molar-refractivity contribution is 9.10. The van der Waals surface area contributed by atoms with Gasteiger partial charge in [-0.25, -0.2) is 4.98 Å². The number of nitrogens with two attached hydrogens (primary N) is 1. The maximum atomic E-state index is 5.87. The topological polar surface area (TPSA) is 43.8 Å². The Bertz CT molecular complexity index is 522. The number of hydrogen-bond donors (Lipinski definition) is 1. The predicted octanol–water partition coefficient (Wildman–Crippen LogP) is 3.35. The number of halogens is 1. The molecule has 0 saturated carbocycles. The molecule has 0 radical (unpaired) electrons. The van der Waals surface area contributed by atoms with E-state index in [9.17, 15) is 0 Å². The molecule has 2 aromatic rings. The fourth-order valence-corrected chi connectivity index (χ4v) is 3.23. The molecule has 0 amide bonds. The third-order valence-electron chi connectivity index (χ3n) is 2.45. The van der Waals surface area contributed by atoms with E-state index in [1.165, 1.54) is 0 Å². The van der Waals surface area contributed by atoms with Gasteiger partial charge in [-0.1, -0.05) is 33.8 Å². The number of benzene rings is 1. The molecule has 1 atom stereocenters. The second kappa shape index (κ2) is 5.25. The number of aromatic nitrogens is 2. The Morgan fingerprint density at radius 1 is 1.47 bits per heavy atom. The van der Waals surface area contributed by atoms with Gasteiger partial charge in [0.25, 0.3) is 0 Å². The SMILES string of the molecule is CC(N)c1ccc(Sc2nccn2C)cc1Br. The lowest BCUT2D eigenvalue weighted by atomic mass is 10.1. The molecule has 3 nitrogen and oxygen atoms in total. The van der Waals surface area contributed by atoms with Crippen LogP contribution in [0.5, 0.6) is 0 Å². The summed E-state index contributed by atoms with van der Waals surface area (Å²) in [6.45, 7) is 1.98. The molecule has 1 unspecified atom stereocenters. The molecule has 2 N–H and O–H groups in total. The first-order valence-electron chi connectivity index (χ1n) is 5.28. The first-order chi connectivity index (χ1) is 8.08. The van der Waals surface area contributed by atoms with Gasteiger partial charge in [0, 0.05) is 34.9 Å². The Morgan fingerprint density at radius 2 is 2.24 bits per heavy atom. The van der Waals surface area contributed by atoms with Crippen molar-refractivity contribution in [3.8, 4) is 0 Å². The Kier molecular flexibility index (Phi) is 3.91. The van der Waals surface area contributed by atoms with Crippen LogP contribution in [0.4, 0.5) is 0 Å². The highest BCUT2D eigenvalue weighted by Gasteiger charge is 2.08. The van der Waals surface area contributed by atoms with Crippen LogP contribution in [-0.2, 0) is 7.05 Å². The van der Waals surface area contributed by atoms with Gasteiger partial charge in [-0.05, 0) is 24.6 Å². The Morgan fingerprint density at radius 3 is 2.76 bits per heavy atom. The Labute approximate surface area is 114 Å². The van der Waals surface area contributed by atoms with Crippen LogP contribution in [0.25, 0.3) is 0 Å². The first kappa shape index (κ1) is 12.7. The third-order valence-corrected chi connectivity index (χ3v) is 4.20. The molecule has 0 aliphatic carbocycles. The molecular weight excluding hydrogens is 298 g/mol. The van der Waals surface area contributed by atoms with Crippen molar-refractivity contribution in [1.29, 1.82) is 0 Å². The van der Waals surface area contributed by atoms with E-state index in [1.807, 2.05) is 24.7 Å². The van der Waals surface area contributed by atoms with E-state index < -0.39 is 0 Å². The van der Waals surface area contributed by atoms with Crippen LogP contribution >= 0.6 is 27.7 Å². The first-order valence-corrected chi connectivity index (χ1v) is 6.89. The summed E-state index contributed by atoms with van der Waals surface area (Å²) in [4.78, 5) is 5.43. The number of hydrogen-bond acceptors (Lipinski definition) is 3. The predicted molar refractivity (Wildman–Crippen MR) is 74.1 cm³/mol. The smallest absolute Gasteiger partial charge is 0.172 e. The largest absolute Gasteiger partial charge is 0.329 e. The van der Waals surface area contributed by atoms with Gasteiger partial charge in [0.1, 0.15) is 0 Å². The zero-order chi connectivity index (χ0) is 12.4. The van der Waals surface area contributed by atoms with E-state index >= 15 is 0 Å². The summed E-state index contributed by atoms with van der Waals surface area (Å²) >= 11 is 5.19. The van der Waals surface area contributed by atoms with Gasteiger partial charge in [-0.15, -0.1) is 0 Å². The quantitative estimate of drug-likeness (QED) is 0.945. The van der Waals surface area contributed by atoms with Gasteiger partial charge < -0.3 is 10.3 Å². The number of rotatable bonds is 3. The van der Waals surface area contributed by atoms with Gasteiger partial charge in [0.05, 0.1) is 0 Å². The monoisotopic (exact) mass is 311 g/mol. The lowest BCUT2D eigenvalue weighted by Gasteiger charge is -2.10. The fraction of sp³-hybridized carbons (Fsp3) is 0.250. The molecule has 0 aliphatic heterocycles. The zero-order valence-corrected chi connectivity index (χ0v) is 12.1. The molecule has 0 fully saturated rings. The minimum atomic E-state index is 0.0385. The molecule has 5 heteroatoms. The summed E-state index contributed by atoms with van der Waals surface area (Å²) in [5.41, 5.74) is 6.99. The van der Waals surface area contributed by atoms with Crippen LogP contribution in [0.15, 0.2) is 45.1 Å². The average molecular weight is 312 g/mol. The summed E-state index contributed by atoms with van der Waals surface area (Å²) in [6.07, 6.45) is 3.74. The minimum absolute atomic E-state index is 0.0385. The van der Waals surface area contributed by atoms with Crippen molar-refractivity contribution in [1.82, 2.24) is 9.55 Å². The van der Waals surface area contributed by atoms with E-state index in [1.54, 1.807) is 18.0 Å². The summed E-state index contributed by atoms with van der Waals surface area (Å²) in [7, 11) is 1.99. The fourth-order valence-electron chi connectivity index (χ4n) is 1.50. The average Bonchev–Trinajstić information content (AvgIpc) is 2.64. The maximum Gasteiger partial charge on any atom is 0.172 e. The Balaban J connectivity index is 2.24. The lowest BCUT2D eigenvalue weighted by Crippen LogP contribution is -2.05. The van der Waals surface area contributed by atoms with Gasteiger partial charge >= 0.3 is 0 Å². The zero-order valence-electron chi connectivity index (χ0n) is 9.72. The van der Waals surface area contributed by atoms with Crippen molar-refractivity contribution >= 4 is 27.7 Å². The van der Waals surface area contributed by atoms with E-state index in [0.717, 1.165) is 20.1 Å². The highest BCUT2D eigenvalue weighted by Crippen LogP contribution is 2.31. The molecule has 0 saturated heterocycles. The van der Waals surface area contributed by atoms with Gasteiger partial charge in [-0.2, -0.15) is 0 Å². The maximum absolute atomic E-state index is 5.87. The van der Waals surface area contributed by atoms with E-state index in [4.69, 9.17) is 5.73 Å². The number of imidazole rings is 1. The second-order valence-corrected chi connectivity index (χ2v) is 5.79. The van der Waals surface area contributed by atoms with Crippen LogP contribution < -0.4 is 5.73 Å². The molecule has 90 valence electrons. The molecule has 0 aliphatic rings. The van der Waals surface area contributed by atoms with Crippen molar-refractivity contribution in [2.45, 2.75) is 23.0 Å². The van der Waals surface area contributed by atoms with Gasteiger partial charge in [0.2, 0.25) is 0 Å². The minimum Gasteiger partial charge on any atom is -0.329 e. The van der Waals surface area contributed by atoms with Gasteiger partial charge in [0.15, 0.2) is 5.16 Å². The molecule has 0 bridgehead atoms. The third kappa shape index (κ3) is 2.91. The van der Waals surface area contributed by atoms with Crippen molar-refractivity contribution in [3.63, 3.8) is 0 Å². The molecule has 0 spiro atoms. The van der Waals surface area contributed by atoms with Crippen LogP contribution in [0.1, 0.15) is 18.5 Å². The number of nitrogens with zero attached hydrogens (tertiary/aromatic N) is 2. The standard InChI is InChI=1S/C12H14BrN3S/c1-8(14)10-4-3-9(7-11(10)13)17-12-15-5-6-16(12)2/h3-8H,14H2,1-2H3. The van der Waals surface area contributed by atoms with Crippen molar-refractivity contribution in [2.75, 3.05) is 0 Å². The van der Waals surface area contributed by atoms with Gasteiger partial charge in [-0.3, -0.25) is 0 Å². The lowest BCUT2D eigenvalue weighted by molar-refractivity contribution is 0.789. The van der Waals surface area contributed by atoms with Crippen LogP contribution in [0, 0.1) is 0 Å².